The molecule has 0 spiro atoms. The smallest absolute Gasteiger partial charge is 0.251 e. The molecule has 0 radical (unpaired) electrons. The van der Waals surface area contributed by atoms with E-state index >= 15 is 0 Å². The summed E-state index contributed by atoms with van der Waals surface area (Å²) >= 11 is 1.76. The normalized spacial score (nSPS) is 15.7. The van der Waals surface area contributed by atoms with Gasteiger partial charge in [-0.25, -0.2) is 9.67 Å². The van der Waals surface area contributed by atoms with Crippen LogP contribution in [0.4, 0.5) is 0 Å². The van der Waals surface area contributed by atoms with Gasteiger partial charge in [-0.15, -0.1) is 11.3 Å². The number of aromatic nitrogens is 3. The number of hydrogen-bond acceptors (Lipinski definition) is 5. The summed E-state index contributed by atoms with van der Waals surface area (Å²) in [6.07, 6.45) is 5.68. The Labute approximate surface area is 162 Å². The summed E-state index contributed by atoms with van der Waals surface area (Å²) in [6, 6.07) is 12.2. The Morgan fingerprint density at radius 1 is 1.19 bits per heavy atom. The van der Waals surface area contributed by atoms with E-state index in [1.165, 1.54) is 24.0 Å². The molecule has 1 N–H and O–H groups in total. The molecule has 1 saturated heterocycles. The van der Waals surface area contributed by atoms with Gasteiger partial charge < -0.3 is 5.32 Å². The van der Waals surface area contributed by atoms with Crippen LogP contribution in [0.1, 0.15) is 39.7 Å². The Morgan fingerprint density at radius 2 is 2.00 bits per heavy atom. The molecule has 6 nitrogen and oxygen atoms in total. The van der Waals surface area contributed by atoms with Crippen LogP contribution in [-0.2, 0) is 6.54 Å². The van der Waals surface area contributed by atoms with Crippen LogP contribution in [0, 0.1) is 0 Å². The maximum absolute atomic E-state index is 12.6. The lowest BCUT2D eigenvalue weighted by Crippen LogP contribution is -2.36. The molecule has 140 valence electrons. The number of nitrogens with one attached hydrogen (secondary N) is 1. The first-order chi connectivity index (χ1) is 13.3. The highest BCUT2D eigenvalue weighted by molar-refractivity contribution is 7.10. The summed E-state index contributed by atoms with van der Waals surface area (Å²) in [6.45, 7) is 3.50. The van der Waals surface area contributed by atoms with Crippen molar-refractivity contribution in [2.45, 2.75) is 25.4 Å². The second-order valence-electron chi connectivity index (χ2n) is 6.77. The SMILES string of the molecule is O=C(NCC(c1cccs1)N1CCCC1)c1ccc(Cn2cncn2)cc1. The Bertz CT molecular complexity index is 839. The predicted octanol–water partition coefficient (Wildman–Crippen LogP) is 2.95. The number of thiophene rings is 1. The molecule has 1 aliphatic heterocycles. The molecule has 27 heavy (non-hydrogen) atoms. The molecule has 0 saturated carbocycles. The van der Waals surface area contributed by atoms with Crippen molar-refractivity contribution in [1.82, 2.24) is 25.0 Å². The van der Waals surface area contributed by atoms with E-state index in [0.717, 1.165) is 18.7 Å². The van der Waals surface area contributed by atoms with E-state index in [4.69, 9.17) is 0 Å². The zero-order chi connectivity index (χ0) is 18.5. The van der Waals surface area contributed by atoms with Crippen LogP contribution in [-0.4, -0.2) is 45.2 Å². The fourth-order valence-corrected chi connectivity index (χ4v) is 4.36. The molecule has 3 aromatic rings. The Kier molecular flexibility index (Phi) is 5.60. The average Bonchev–Trinajstić information content (AvgIpc) is 3.46. The molecular formula is C20H23N5OS. The summed E-state index contributed by atoms with van der Waals surface area (Å²) in [4.78, 5) is 20.4. The number of carbonyl (C=O) groups is 1. The molecule has 7 heteroatoms. The quantitative estimate of drug-likeness (QED) is 0.683. The molecule has 0 bridgehead atoms. The van der Waals surface area contributed by atoms with Gasteiger partial charge >= 0.3 is 0 Å². The van der Waals surface area contributed by atoms with Gasteiger partial charge in [0.1, 0.15) is 12.7 Å². The molecule has 1 aliphatic rings. The van der Waals surface area contributed by atoms with Crippen molar-refractivity contribution in [2.24, 2.45) is 0 Å². The molecule has 4 rings (SSSR count). The number of likely N-dealkylation sites (tertiary alicyclic amines) is 1. The van der Waals surface area contributed by atoms with Crippen LogP contribution in [0.2, 0.25) is 0 Å². The Hall–Kier alpha value is -2.51. The zero-order valence-corrected chi connectivity index (χ0v) is 15.9. The monoisotopic (exact) mass is 381 g/mol. The highest BCUT2D eigenvalue weighted by Crippen LogP contribution is 2.27. The number of amides is 1. The second-order valence-corrected chi connectivity index (χ2v) is 7.75. The lowest BCUT2D eigenvalue weighted by Gasteiger charge is -2.27. The summed E-state index contributed by atoms with van der Waals surface area (Å²) in [5.41, 5.74) is 1.77. The first kappa shape index (κ1) is 17.9. The van der Waals surface area contributed by atoms with Gasteiger partial charge in [-0.05, 0) is 55.1 Å². The first-order valence-corrected chi connectivity index (χ1v) is 10.1. The van der Waals surface area contributed by atoms with Gasteiger partial charge in [0.25, 0.3) is 5.91 Å². The topological polar surface area (TPSA) is 63.1 Å². The molecule has 1 unspecified atom stereocenters. The van der Waals surface area contributed by atoms with Crippen molar-refractivity contribution in [3.8, 4) is 0 Å². The van der Waals surface area contributed by atoms with Crippen molar-refractivity contribution < 1.29 is 4.79 Å². The minimum Gasteiger partial charge on any atom is -0.350 e. The Morgan fingerprint density at radius 3 is 2.67 bits per heavy atom. The first-order valence-electron chi connectivity index (χ1n) is 9.26. The van der Waals surface area contributed by atoms with Crippen LogP contribution in [0.5, 0.6) is 0 Å². The van der Waals surface area contributed by atoms with E-state index in [1.54, 1.807) is 22.3 Å². The number of rotatable bonds is 7. The number of hydrogen-bond donors (Lipinski definition) is 1. The van der Waals surface area contributed by atoms with E-state index in [9.17, 15) is 4.79 Å². The highest BCUT2D eigenvalue weighted by atomic mass is 32.1. The minimum atomic E-state index is -0.0249. The van der Waals surface area contributed by atoms with E-state index in [-0.39, 0.29) is 11.9 Å². The van der Waals surface area contributed by atoms with Crippen LogP contribution in [0.25, 0.3) is 0 Å². The maximum atomic E-state index is 12.6. The molecular weight excluding hydrogens is 358 g/mol. The van der Waals surface area contributed by atoms with Crippen molar-refractivity contribution in [2.75, 3.05) is 19.6 Å². The summed E-state index contributed by atoms with van der Waals surface area (Å²) in [5, 5.41) is 9.34. The summed E-state index contributed by atoms with van der Waals surface area (Å²) in [7, 11) is 0. The van der Waals surface area contributed by atoms with Crippen LogP contribution < -0.4 is 5.32 Å². The standard InChI is InChI=1S/C20H23N5OS/c26-20(17-7-5-16(6-8-17)13-25-15-21-14-23-25)22-12-18(19-4-3-11-27-19)24-9-1-2-10-24/h3-8,11,14-15,18H,1-2,9-10,12-13H2,(H,22,26). The van der Waals surface area contributed by atoms with Gasteiger partial charge in [0, 0.05) is 17.0 Å². The fourth-order valence-electron chi connectivity index (χ4n) is 3.50. The van der Waals surface area contributed by atoms with Gasteiger partial charge in [-0.2, -0.15) is 5.10 Å². The molecule has 1 amide bonds. The minimum absolute atomic E-state index is 0.0249. The third-order valence-corrected chi connectivity index (χ3v) is 5.91. The maximum Gasteiger partial charge on any atom is 0.251 e. The Balaban J connectivity index is 1.37. The third kappa shape index (κ3) is 4.43. The lowest BCUT2D eigenvalue weighted by atomic mass is 10.1. The van der Waals surface area contributed by atoms with Crippen molar-refractivity contribution >= 4 is 17.2 Å². The number of nitrogens with zero attached hydrogens (tertiary/aromatic N) is 4. The van der Waals surface area contributed by atoms with Gasteiger partial charge in [0.15, 0.2) is 0 Å². The van der Waals surface area contributed by atoms with E-state index in [2.05, 4.69) is 37.8 Å². The molecule has 2 aromatic heterocycles. The molecule has 1 atom stereocenters. The molecule has 0 aliphatic carbocycles. The zero-order valence-electron chi connectivity index (χ0n) is 15.1. The van der Waals surface area contributed by atoms with Crippen molar-refractivity contribution in [3.05, 3.63) is 70.4 Å². The molecule has 3 heterocycles. The fraction of sp³-hybridized carbons (Fsp3) is 0.350. The van der Waals surface area contributed by atoms with E-state index < -0.39 is 0 Å². The van der Waals surface area contributed by atoms with E-state index in [0.29, 0.717) is 18.7 Å². The molecule has 1 aromatic carbocycles. The predicted molar refractivity (Wildman–Crippen MR) is 106 cm³/mol. The van der Waals surface area contributed by atoms with Gasteiger partial charge in [0.2, 0.25) is 0 Å². The van der Waals surface area contributed by atoms with Gasteiger partial charge in [-0.3, -0.25) is 9.69 Å². The lowest BCUT2D eigenvalue weighted by molar-refractivity contribution is 0.0938. The van der Waals surface area contributed by atoms with Crippen LogP contribution >= 0.6 is 11.3 Å². The van der Waals surface area contributed by atoms with Gasteiger partial charge in [-0.1, -0.05) is 18.2 Å². The summed E-state index contributed by atoms with van der Waals surface area (Å²) in [5.74, 6) is -0.0249. The van der Waals surface area contributed by atoms with E-state index in [1.807, 2.05) is 24.3 Å². The van der Waals surface area contributed by atoms with Crippen LogP contribution in [0.15, 0.2) is 54.4 Å². The average molecular weight is 382 g/mol. The largest absolute Gasteiger partial charge is 0.350 e. The number of benzene rings is 1. The number of carbonyl (C=O) groups excluding carboxylic acids is 1. The second kappa shape index (κ2) is 8.45. The van der Waals surface area contributed by atoms with Crippen molar-refractivity contribution in [1.29, 1.82) is 0 Å². The summed E-state index contributed by atoms with van der Waals surface area (Å²) < 4.78 is 1.76. The van der Waals surface area contributed by atoms with Crippen LogP contribution in [0.3, 0.4) is 0 Å². The van der Waals surface area contributed by atoms with Crippen molar-refractivity contribution in [3.63, 3.8) is 0 Å². The highest BCUT2D eigenvalue weighted by Gasteiger charge is 2.24. The third-order valence-electron chi connectivity index (χ3n) is 4.94. The van der Waals surface area contributed by atoms with Gasteiger partial charge in [0.05, 0.1) is 12.6 Å². The molecule has 1 fully saturated rings.